The molecule has 0 aliphatic heterocycles. The maximum absolute atomic E-state index is 12.6. The number of alkyl halides is 3. The second kappa shape index (κ2) is 5.87. The fraction of sp³-hybridized carbons (Fsp3) is 0.455. The summed E-state index contributed by atoms with van der Waals surface area (Å²) in [6.45, 7) is 7.19. The predicted molar refractivity (Wildman–Crippen MR) is 78.5 cm³/mol. The van der Waals surface area contributed by atoms with E-state index in [4.69, 9.17) is 5.84 Å². The fourth-order valence-corrected chi connectivity index (χ4v) is 3.78. The van der Waals surface area contributed by atoms with Crippen LogP contribution < -0.4 is 15.2 Å². The van der Waals surface area contributed by atoms with E-state index in [-0.39, 0.29) is 5.69 Å². The number of halogens is 3. The summed E-state index contributed by atoms with van der Waals surface area (Å²) in [6, 6.07) is 2.93. The molecule has 0 spiro atoms. The maximum Gasteiger partial charge on any atom is 0.534 e. The number of nitrogens with two attached hydrogens (primary N) is 1. The zero-order chi connectivity index (χ0) is 17.3. The average Bonchev–Trinajstić information content (AvgIpc) is 2.29. The van der Waals surface area contributed by atoms with Gasteiger partial charge in [0.1, 0.15) is 5.69 Å². The largest absolute Gasteiger partial charge is 0.534 e. The summed E-state index contributed by atoms with van der Waals surface area (Å²) in [6.07, 6.45) is 0. The molecule has 1 rings (SSSR count). The van der Waals surface area contributed by atoms with Crippen LogP contribution in [0.5, 0.6) is 5.75 Å². The van der Waals surface area contributed by atoms with E-state index in [1.54, 1.807) is 13.0 Å². The number of hydrogen-bond acceptors (Lipinski definition) is 5. The molecule has 0 saturated carbocycles. The molecule has 0 aliphatic rings. The Balaban J connectivity index is 3.63. The van der Waals surface area contributed by atoms with Crippen LogP contribution in [0.2, 0.25) is 19.6 Å². The highest BCUT2D eigenvalue weighted by Gasteiger charge is 2.49. The van der Waals surface area contributed by atoms with Gasteiger partial charge in [-0.15, -0.1) is 5.11 Å². The summed E-state index contributed by atoms with van der Waals surface area (Å²) >= 11 is 0. The van der Waals surface area contributed by atoms with Gasteiger partial charge >= 0.3 is 15.6 Å². The zero-order valence-corrected chi connectivity index (χ0v) is 14.2. The lowest BCUT2D eigenvalue weighted by atomic mass is 10.2. The summed E-state index contributed by atoms with van der Waals surface area (Å²) in [5, 5.41) is 6.86. The Morgan fingerprint density at radius 3 is 2.18 bits per heavy atom. The lowest BCUT2D eigenvalue weighted by molar-refractivity contribution is -0.0499. The van der Waals surface area contributed by atoms with Crippen molar-refractivity contribution in [3.05, 3.63) is 17.7 Å². The third-order valence-corrected chi connectivity index (χ3v) is 5.60. The van der Waals surface area contributed by atoms with Crippen LogP contribution >= 0.6 is 0 Å². The molecule has 0 amide bonds. The van der Waals surface area contributed by atoms with Crippen LogP contribution in [0.1, 0.15) is 5.56 Å². The van der Waals surface area contributed by atoms with Gasteiger partial charge in [0, 0.05) is 0 Å². The first-order valence-electron chi connectivity index (χ1n) is 6.06. The lowest BCUT2D eigenvalue weighted by Gasteiger charge is -2.22. The number of benzene rings is 1. The molecule has 2 N–H and O–H groups in total. The van der Waals surface area contributed by atoms with Crippen molar-refractivity contribution in [1.82, 2.24) is 0 Å². The van der Waals surface area contributed by atoms with Gasteiger partial charge in [-0.2, -0.15) is 21.6 Å². The van der Waals surface area contributed by atoms with Crippen molar-refractivity contribution in [2.45, 2.75) is 32.1 Å². The van der Waals surface area contributed by atoms with E-state index in [0.717, 1.165) is 0 Å². The molecule has 0 aliphatic carbocycles. The minimum atomic E-state index is -5.81. The first-order valence-corrected chi connectivity index (χ1v) is 11.0. The highest BCUT2D eigenvalue weighted by molar-refractivity contribution is 7.88. The van der Waals surface area contributed by atoms with Gasteiger partial charge in [-0.3, -0.25) is 0 Å². The Kier molecular flexibility index (Phi) is 4.92. The number of hydrogen-bond donors (Lipinski definition) is 1. The van der Waals surface area contributed by atoms with Crippen molar-refractivity contribution in [2.24, 2.45) is 16.2 Å². The Morgan fingerprint density at radius 2 is 1.77 bits per heavy atom. The summed E-state index contributed by atoms with van der Waals surface area (Å²) in [7, 11) is -8.04. The van der Waals surface area contributed by atoms with Crippen molar-refractivity contribution in [3.8, 4) is 5.75 Å². The third-order valence-electron chi connectivity index (χ3n) is 2.66. The molecule has 0 heterocycles. The van der Waals surface area contributed by atoms with Gasteiger partial charge in [0.15, 0.2) is 5.75 Å². The van der Waals surface area contributed by atoms with E-state index in [1.807, 2.05) is 19.6 Å². The molecule has 0 unspecified atom stereocenters. The molecule has 1 aromatic rings. The van der Waals surface area contributed by atoms with Crippen molar-refractivity contribution in [3.63, 3.8) is 0 Å². The second-order valence-electron chi connectivity index (χ2n) is 5.61. The molecule has 22 heavy (non-hydrogen) atoms. The summed E-state index contributed by atoms with van der Waals surface area (Å²) in [5.41, 5.74) is -5.02. The van der Waals surface area contributed by atoms with E-state index in [1.165, 1.54) is 6.07 Å². The van der Waals surface area contributed by atoms with E-state index in [2.05, 4.69) is 14.5 Å². The molecule has 0 aromatic heterocycles. The van der Waals surface area contributed by atoms with E-state index in [9.17, 15) is 21.6 Å². The Labute approximate surface area is 127 Å². The highest BCUT2D eigenvalue weighted by Crippen LogP contribution is 2.34. The third kappa shape index (κ3) is 3.97. The van der Waals surface area contributed by atoms with Gasteiger partial charge in [-0.25, -0.2) is 0 Å². The van der Waals surface area contributed by atoms with Crippen molar-refractivity contribution < 1.29 is 25.8 Å². The molecule has 0 bridgehead atoms. The van der Waals surface area contributed by atoms with Gasteiger partial charge < -0.3 is 10.0 Å². The van der Waals surface area contributed by atoms with E-state index in [0.29, 0.717) is 10.8 Å². The Morgan fingerprint density at radius 1 is 1.23 bits per heavy atom. The molecule has 11 heteroatoms. The van der Waals surface area contributed by atoms with Crippen LogP contribution in [-0.4, -0.2) is 22.0 Å². The van der Waals surface area contributed by atoms with Crippen LogP contribution in [-0.2, 0) is 10.1 Å². The molecule has 124 valence electrons. The molecule has 0 fully saturated rings. The fourth-order valence-electron chi connectivity index (χ4n) is 1.69. The van der Waals surface area contributed by atoms with Gasteiger partial charge in [-0.05, 0) is 23.7 Å². The standard InChI is InChI=1S/C11H16F3N3O3SSi/c1-7-5-8(16-17-15)10(9(6-7)22(2,3)4)20-21(18,19)11(12,13)14/h5-6H,1-4H3,(H2,15,16). The minimum Gasteiger partial charge on any atom is -0.374 e. The topological polar surface area (TPSA) is 94.1 Å². The van der Waals surface area contributed by atoms with Crippen LogP contribution in [0, 0.1) is 6.92 Å². The SMILES string of the molecule is Cc1cc(N=NN)c(OS(=O)(=O)C(F)(F)F)c([Si](C)(C)C)c1. The van der Waals surface area contributed by atoms with Crippen molar-refractivity contribution in [2.75, 3.05) is 0 Å². The first-order chi connectivity index (χ1) is 9.79. The van der Waals surface area contributed by atoms with Crippen LogP contribution in [0.25, 0.3) is 0 Å². The first kappa shape index (κ1) is 18.4. The number of aryl methyl sites for hydroxylation is 1. The van der Waals surface area contributed by atoms with Crippen molar-refractivity contribution in [1.29, 1.82) is 0 Å². The molecule has 1 aromatic carbocycles. The summed E-state index contributed by atoms with van der Waals surface area (Å²) in [5.74, 6) is 4.45. The molecule has 0 radical (unpaired) electrons. The van der Waals surface area contributed by atoms with Crippen LogP contribution in [0.4, 0.5) is 18.9 Å². The van der Waals surface area contributed by atoms with E-state index < -0.39 is 29.4 Å². The minimum absolute atomic E-state index is 0.159. The van der Waals surface area contributed by atoms with Crippen molar-refractivity contribution >= 4 is 29.1 Å². The number of rotatable bonds is 4. The average molecular weight is 355 g/mol. The molecule has 0 saturated heterocycles. The zero-order valence-electron chi connectivity index (χ0n) is 12.4. The summed E-state index contributed by atoms with van der Waals surface area (Å²) in [4.78, 5) is 0. The van der Waals surface area contributed by atoms with E-state index >= 15 is 0 Å². The quantitative estimate of drug-likeness (QED) is 0.224. The monoisotopic (exact) mass is 355 g/mol. The lowest BCUT2D eigenvalue weighted by Crippen LogP contribution is -2.40. The van der Waals surface area contributed by atoms with Gasteiger partial charge in [0.25, 0.3) is 0 Å². The summed E-state index contributed by atoms with van der Waals surface area (Å²) < 4.78 is 64.6. The van der Waals surface area contributed by atoms with Gasteiger partial charge in [-0.1, -0.05) is 30.9 Å². The highest BCUT2D eigenvalue weighted by atomic mass is 32.2. The second-order valence-corrected chi connectivity index (χ2v) is 12.2. The molecule has 0 atom stereocenters. The maximum atomic E-state index is 12.6. The Hall–Kier alpha value is -1.62. The van der Waals surface area contributed by atoms with Crippen LogP contribution in [0.3, 0.4) is 0 Å². The predicted octanol–water partition coefficient (Wildman–Crippen LogP) is 2.73. The number of nitrogens with zero attached hydrogens (tertiary/aromatic N) is 2. The normalized spacial score (nSPS) is 13.6. The molecule has 6 nitrogen and oxygen atoms in total. The Bertz CT molecular complexity index is 697. The van der Waals surface area contributed by atoms with Gasteiger partial charge in [0.05, 0.1) is 8.07 Å². The van der Waals surface area contributed by atoms with Crippen LogP contribution in [0.15, 0.2) is 22.5 Å². The molecular formula is C11H16F3N3O3SSi. The molecular weight excluding hydrogens is 339 g/mol. The van der Waals surface area contributed by atoms with Gasteiger partial charge in [0.2, 0.25) is 0 Å². The smallest absolute Gasteiger partial charge is 0.374 e.